The van der Waals surface area contributed by atoms with E-state index in [1.54, 1.807) is 18.2 Å². The van der Waals surface area contributed by atoms with Gasteiger partial charge in [-0.15, -0.1) is 0 Å². The van der Waals surface area contributed by atoms with E-state index in [4.69, 9.17) is 15.7 Å². The fourth-order valence-corrected chi connectivity index (χ4v) is 2.86. The third-order valence-electron chi connectivity index (χ3n) is 3.26. The number of benzene rings is 1. The lowest BCUT2D eigenvalue weighted by Crippen LogP contribution is -2.61. The van der Waals surface area contributed by atoms with E-state index in [0.29, 0.717) is 9.44 Å². The first kappa shape index (κ1) is 19.2. The van der Waals surface area contributed by atoms with Crippen molar-refractivity contribution in [2.45, 2.75) is 24.8 Å². The van der Waals surface area contributed by atoms with Gasteiger partial charge in [0.25, 0.3) is 0 Å². The molecule has 1 amide bonds. The number of hydrazine groups is 1. The average Bonchev–Trinajstić information content (AvgIpc) is 2.51. The summed E-state index contributed by atoms with van der Waals surface area (Å²) in [5.74, 6) is 3.36. The van der Waals surface area contributed by atoms with Crippen molar-refractivity contribution in [1.29, 1.82) is 0 Å². The Bertz CT molecular complexity index is 568. The van der Waals surface area contributed by atoms with Crippen molar-refractivity contribution in [1.82, 2.24) is 5.01 Å². The quantitative estimate of drug-likeness (QED) is 0.187. The zero-order valence-corrected chi connectivity index (χ0v) is 14.3. The highest BCUT2D eigenvalue weighted by Crippen LogP contribution is 2.26. The molecule has 126 valence electrons. The van der Waals surface area contributed by atoms with Crippen LogP contribution in [0.5, 0.6) is 5.75 Å². The minimum absolute atomic E-state index is 0.00341. The minimum Gasteiger partial charge on any atom is -0.481 e. The van der Waals surface area contributed by atoms with E-state index in [1.165, 1.54) is 12.1 Å². The van der Waals surface area contributed by atoms with Gasteiger partial charge in [-0.2, -0.15) is 0 Å². The standard InChI is InChI=1S/C14H17IN2O6/c15-9-8-14(12(20)21,7-6-11(18)19)17(16)13(22)23-10-4-2-1-3-5-10/h1-5H,6-9,16H2,(H,18,19)(H,20,21)/t14-/m1/s1. The maximum atomic E-state index is 12.1. The molecule has 0 bridgehead atoms. The number of nitrogens with zero attached hydrogens (tertiary/aromatic N) is 1. The number of alkyl halides is 1. The van der Waals surface area contributed by atoms with Crippen LogP contribution in [0.2, 0.25) is 0 Å². The Morgan fingerprint density at radius 1 is 1.17 bits per heavy atom. The summed E-state index contributed by atoms with van der Waals surface area (Å²) in [6.45, 7) is 0. The van der Waals surface area contributed by atoms with Gasteiger partial charge in [0.2, 0.25) is 0 Å². The van der Waals surface area contributed by atoms with E-state index in [1.807, 2.05) is 22.6 Å². The van der Waals surface area contributed by atoms with Crippen LogP contribution in [0.25, 0.3) is 0 Å². The maximum absolute atomic E-state index is 12.1. The van der Waals surface area contributed by atoms with E-state index in [9.17, 15) is 19.5 Å². The second-order valence-electron chi connectivity index (χ2n) is 4.72. The molecular weight excluding hydrogens is 419 g/mol. The van der Waals surface area contributed by atoms with Gasteiger partial charge in [0, 0.05) is 10.8 Å². The number of para-hydroxylation sites is 1. The summed E-state index contributed by atoms with van der Waals surface area (Å²) >= 11 is 1.94. The smallest absolute Gasteiger partial charge is 0.430 e. The van der Waals surface area contributed by atoms with Gasteiger partial charge < -0.3 is 14.9 Å². The molecule has 1 aromatic rings. The van der Waals surface area contributed by atoms with Gasteiger partial charge >= 0.3 is 18.0 Å². The van der Waals surface area contributed by atoms with Crippen LogP contribution in [0.4, 0.5) is 4.79 Å². The van der Waals surface area contributed by atoms with Gasteiger partial charge in [-0.05, 0) is 25.0 Å². The molecular formula is C14H17IN2O6. The number of amides is 1. The van der Waals surface area contributed by atoms with Crippen molar-refractivity contribution in [2.75, 3.05) is 4.43 Å². The Morgan fingerprint density at radius 3 is 2.26 bits per heavy atom. The molecule has 1 aromatic carbocycles. The number of aliphatic carboxylic acids is 2. The van der Waals surface area contributed by atoms with Crippen molar-refractivity contribution < 1.29 is 29.3 Å². The van der Waals surface area contributed by atoms with Crippen LogP contribution in [-0.2, 0) is 9.59 Å². The van der Waals surface area contributed by atoms with Crippen LogP contribution in [-0.4, -0.2) is 43.2 Å². The Morgan fingerprint density at radius 2 is 1.78 bits per heavy atom. The highest BCUT2D eigenvalue weighted by atomic mass is 127. The van der Waals surface area contributed by atoms with Crippen molar-refractivity contribution >= 4 is 40.6 Å². The molecule has 0 aliphatic carbocycles. The normalized spacial score (nSPS) is 13.0. The first-order valence-electron chi connectivity index (χ1n) is 6.66. The van der Waals surface area contributed by atoms with E-state index < -0.39 is 30.0 Å². The Balaban J connectivity index is 3.00. The summed E-state index contributed by atoms with van der Waals surface area (Å²) in [5.41, 5.74) is -1.84. The summed E-state index contributed by atoms with van der Waals surface area (Å²) in [6.07, 6.45) is -1.82. The second kappa shape index (κ2) is 8.67. The number of rotatable bonds is 8. The van der Waals surface area contributed by atoms with E-state index in [-0.39, 0.29) is 18.6 Å². The predicted octanol–water partition coefficient (Wildman–Crippen LogP) is 1.87. The topological polar surface area (TPSA) is 130 Å². The molecule has 0 fully saturated rings. The second-order valence-corrected chi connectivity index (χ2v) is 5.80. The van der Waals surface area contributed by atoms with Crippen LogP contribution >= 0.6 is 22.6 Å². The van der Waals surface area contributed by atoms with Crippen LogP contribution in [0, 0.1) is 0 Å². The van der Waals surface area contributed by atoms with E-state index in [0.717, 1.165) is 0 Å². The maximum Gasteiger partial charge on any atom is 0.430 e. The van der Waals surface area contributed by atoms with E-state index >= 15 is 0 Å². The lowest BCUT2D eigenvalue weighted by molar-refractivity contribution is -0.152. The zero-order valence-electron chi connectivity index (χ0n) is 12.1. The number of nitrogens with two attached hydrogens (primary N) is 1. The lowest BCUT2D eigenvalue weighted by Gasteiger charge is -2.36. The average molecular weight is 436 g/mol. The zero-order chi connectivity index (χ0) is 17.5. The van der Waals surface area contributed by atoms with Gasteiger partial charge in [0.05, 0.1) is 0 Å². The summed E-state index contributed by atoms with van der Waals surface area (Å²) in [5, 5.41) is 18.8. The number of hydrogen-bond acceptors (Lipinski definition) is 5. The number of hydrogen-bond donors (Lipinski definition) is 3. The largest absolute Gasteiger partial charge is 0.481 e. The van der Waals surface area contributed by atoms with Crippen molar-refractivity contribution in [2.24, 2.45) is 5.84 Å². The van der Waals surface area contributed by atoms with Crippen molar-refractivity contribution in [3.05, 3.63) is 30.3 Å². The molecule has 0 unspecified atom stereocenters. The molecule has 0 aliphatic heterocycles. The molecule has 9 heteroatoms. The van der Waals surface area contributed by atoms with Crippen LogP contribution in [0.15, 0.2) is 30.3 Å². The third kappa shape index (κ3) is 5.06. The highest BCUT2D eigenvalue weighted by Gasteiger charge is 2.46. The molecule has 1 rings (SSSR count). The first-order chi connectivity index (χ1) is 10.8. The van der Waals surface area contributed by atoms with E-state index in [2.05, 4.69) is 0 Å². The highest BCUT2D eigenvalue weighted by molar-refractivity contribution is 14.1. The molecule has 0 aromatic heterocycles. The molecule has 0 saturated heterocycles. The molecule has 1 atom stereocenters. The van der Waals surface area contributed by atoms with Crippen molar-refractivity contribution in [3.8, 4) is 5.75 Å². The molecule has 0 aliphatic rings. The Hall–Kier alpha value is -1.88. The summed E-state index contributed by atoms with van der Waals surface area (Å²) in [4.78, 5) is 34.6. The predicted molar refractivity (Wildman–Crippen MR) is 89.2 cm³/mol. The summed E-state index contributed by atoms with van der Waals surface area (Å²) in [6, 6.07) is 8.04. The summed E-state index contributed by atoms with van der Waals surface area (Å²) < 4.78 is 5.41. The summed E-state index contributed by atoms with van der Waals surface area (Å²) in [7, 11) is 0. The number of carbonyl (C=O) groups is 3. The van der Waals surface area contributed by atoms with Crippen LogP contribution in [0.1, 0.15) is 19.3 Å². The van der Waals surface area contributed by atoms with Gasteiger partial charge in [-0.25, -0.2) is 20.4 Å². The van der Waals surface area contributed by atoms with Gasteiger partial charge in [-0.1, -0.05) is 40.8 Å². The number of ether oxygens (including phenoxy) is 1. The van der Waals surface area contributed by atoms with Gasteiger partial charge in [-0.3, -0.25) is 4.79 Å². The number of halogens is 1. The number of carboxylic acids is 2. The molecule has 0 spiro atoms. The molecule has 0 saturated carbocycles. The van der Waals surface area contributed by atoms with Crippen LogP contribution in [0.3, 0.4) is 0 Å². The molecule has 8 nitrogen and oxygen atoms in total. The van der Waals surface area contributed by atoms with Gasteiger partial charge in [0.15, 0.2) is 5.54 Å². The first-order valence-corrected chi connectivity index (χ1v) is 8.19. The Labute approximate surface area is 146 Å². The fraction of sp³-hybridized carbons (Fsp3) is 0.357. The fourth-order valence-electron chi connectivity index (χ4n) is 1.97. The monoisotopic (exact) mass is 436 g/mol. The Kier molecular flexibility index (Phi) is 7.23. The molecule has 0 radical (unpaired) electrons. The van der Waals surface area contributed by atoms with Crippen LogP contribution < -0.4 is 10.6 Å². The number of carboxylic acid groups (broad SMARTS) is 2. The van der Waals surface area contributed by atoms with Crippen molar-refractivity contribution in [3.63, 3.8) is 0 Å². The minimum atomic E-state index is -1.84. The van der Waals surface area contributed by atoms with Gasteiger partial charge in [0.1, 0.15) is 5.75 Å². The SMILES string of the molecule is NN(C(=O)Oc1ccccc1)[C@@](CCI)(CCC(=O)O)C(=O)O. The lowest BCUT2D eigenvalue weighted by atomic mass is 9.90. The molecule has 23 heavy (non-hydrogen) atoms. The number of carbonyl (C=O) groups excluding carboxylic acids is 1. The molecule has 0 heterocycles. The third-order valence-corrected chi connectivity index (χ3v) is 3.80. The molecule has 4 N–H and O–H groups in total.